The van der Waals surface area contributed by atoms with E-state index in [1.807, 2.05) is 0 Å². The maximum atomic E-state index is 10.8. The van der Waals surface area contributed by atoms with Gasteiger partial charge >= 0.3 is 0 Å². The Labute approximate surface area is 91.2 Å². The van der Waals surface area contributed by atoms with E-state index in [0.717, 1.165) is 12.8 Å². The molecule has 0 unspecified atom stereocenters. The van der Waals surface area contributed by atoms with Crippen LogP contribution >= 0.6 is 0 Å². The number of benzene rings is 1. The topological polar surface area (TPSA) is 86.3 Å². The third kappa shape index (κ3) is 1.62. The molecule has 0 aliphatic heterocycles. The molecule has 1 aromatic carbocycles. The lowest BCUT2D eigenvalue weighted by Gasteiger charge is -2.15. The summed E-state index contributed by atoms with van der Waals surface area (Å²) < 4.78 is 0. The quantitative estimate of drug-likeness (QED) is 0.567. The zero-order chi connectivity index (χ0) is 11.7. The third-order valence-electron chi connectivity index (χ3n) is 2.88. The molecular formula is C10H10N2O4. The fraction of sp³-hybridized carbons (Fsp3) is 0.400. The van der Waals surface area contributed by atoms with Crippen LogP contribution in [0.4, 0.5) is 11.4 Å². The largest absolute Gasteiger partial charge is 0.273 e. The fourth-order valence-electron chi connectivity index (χ4n) is 2.17. The minimum absolute atomic E-state index is 0.0142. The van der Waals surface area contributed by atoms with Gasteiger partial charge in [-0.15, -0.1) is 0 Å². The van der Waals surface area contributed by atoms with Gasteiger partial charge in [0.05, 0.1) is 9.85 Å². The Balaban J connectivity index is 2.63. The van der Waals surface area contributed by atoms with Gasteiger partial charge in [-0.3, -0.25) is 20.2 Å². The number of fused-ring (bicyclic) bond motifs is 1. The van der Waals surface area contributed by atoms with E-state index >= 15 is 0 Å². The first-order valence-corrected chi connectivity index (χ1v) is 5.05. The van der Waals surface area contributed by atoms with Crippen LogP contribution in [0.5, 0.6) is 0 Å². The van der Waals surface area contributed by atoms with Crippen LogP contribution < -0.4 is 0 Å². The van der Waals surface area contributed by atoms with Gasteiger partial charge in [0.2, 0.25) is 0 Å². The first kappa shape index (κ1) is 10.5. The molecule has 0 spiro atoms. The van der Waals surface area contributed by atoms with Gasteiger partial charge in [-0.1, -0.05) is 0 Å². The molecule has 0 heterocycles. The second-order valence-corrected chi connectivity index (χ2v) is 3.78. The van der Waals surface area contributed by atoms with Crippen molar-refractivity contribution in [3.05, 3.63) is 43.5 Å². The Morgan fingerprint density at radius 3 is 1.56 bits per heavy atom. The molecule has 6 heteroatoms. The van der Waals surface area contributed by atoms with Crippen molar-refractivity contribution in [3.63, 3.8) is 0 Å². The van der Waals surface area contributed by atoms with Gasteiger partial charge in [0, 0.05) is 23.3 Å². The lowest BCUT2D eigenvalue weighted by atomic mass is 9.89. The number of rotatable bonds is 2. The van der Waals surface area contributed by atoms with Crippen LogP contribution in [0, 0.1) is 20.2 Å². The third-order valence-corrected chi connectivity index (χ3v) is 2.88. The molecule has 0 saturated heterocycles. The highest BCUT2D eigenvalue weighted by Gasteiger charge is 2.27. The van der Waals surface area contributed by atoms with Crippen LogP contribution in [-0.2, 0) is 12.8 Å². The number of hydrogen-bond acceptors (Lipinski definition) is 4. The van der Waals surface area contributed by atoms with Crippen molar-refractivity contribution in [1.29, 1.82) is 0 Å². The van der Waals surface area contributed by atoms with Crippen molar-refractivity contribution < 1.29 is 9.85 Å². The molecule has 16 heavy (non-hydrogen) atoms. The number of nitro benzene ring substituents is 2. The van der Waals surface area contributed by atoms with Gasteiger partial charge < -0.3 is 0 Å². The molecule has 0 N–H and O–H groups in total. The van der Waals surface area contributed by atoms with Crippen LogP contribution in [0.2, 0.25) is 0 Å². The minimum atomic E-state index is -0.464. The van der Waals surface area contributed by atoms with Crippen LogP contribution in [0.1, 0.15) is 24.0 Å². The summed E-state index contributed by atoms with van der Waals surface area (Å²) in [5.74, 6) is 0. The lowest BCUT2D eigenvalue weighted by Crippen LogP contribution is -2.09. The molecule has 6 nitrogen and oxygen atoms in total. The first-order valence-electron chi connectivity index (χ1n) is 5.05. The maximum Gasteiger partial charge on any atom is 0.273 e. The van der Waals surface area contributed by atoms with Crippen molar-refractivity contribution in [2.45, 2.75) is 25.7 Å². The van der Waals surface area contributed by atoms with Gasteiger partial charge in [0.15, 0.2) is 0 Å². The van der Waals surface area contributed by atoms with E-state index in [-0.39, 0.29) is 11.4 Å². The summed E-state index contributed by atoms with van der Waals surface area (Å²) in [4.78, 5) is 20.7. The Bertz CT molecular complexity index is 427. The standard InChI is InChI=1S/C10H10N2O4/c13-11(14)9-5-6-10(12(15)16)8-4-2-1-3-7(8)9/h5-6H,1-4H2. The molecule has 1 aliphatic rings. The van der Waals surface area contributed by atoms with Crippen molar-refractivity contribution >= 4 is 11.4 Å². The van der Waals surface area contributed by atoms with Crippen LogP contribution in [0.25, 0.3) is 0 Å². The van der Waals surface area contributed by atoms with E-state index in [4.69, 9.17) is 0 Å². The lowest BCUT2D eigenvalue weighted by molar-refractivity contribution is -0.390. The molecular weight excluding hydrogens is 212 g/mol. The smallest absolute Gasteiger partial charge is 0.258 e. The normalized spacial score (nSPS) is 14.2. The minimum Gasteiger partial charge on any atom is -0.258 e. The molecule has 1 aliphatic carbocycles. The molecule has 0 amide bonds. The Hall–Kier alpha value is -1.98. The van der Waals surface area contributed by atoms with Gasteiger partial charge in [0.25, 0.3) is 11.4 Å². The molecule has 0 bridgehead atoms. The van der Waals surface area contributed by atoms with Crippen LogP contribution in [0.3, 0.4) is 0 Å². The molecule has 1 aromatic rings. The van der Waals surface area contributed by atoms with E-state index < -0.39 is 9.85 Å². The summed E-state index contributed by atoms with van der Waals surface area (Å²) in [6.07, 6.45) is 2.84. The van der Waals surface area contributed by atoms with Crippen molar-refractivity contribution in [2.75, 3.05) is 0 Å². The zero-order valence-electron chi connectivity index (χ0n) is 8.51. The molecule has 0 fully saturated rings. The van der Waals surface area contributed by atoms with Crippen LogP contribution in [0.15, 0.2) is 12.1 Å². The summed E-state index contributed by atoms with van der Waals surface area (Å²) in [6.45, 7) is 0. The van der Waals surface area contributed by atoms with Crippen LogP contribution in [-0.4, -0.2) is 9.85 Å². The van der Waals surface area contributed by atoms with Gasteiger partial charge in [-0.2, -0.15) is 0 Å². The van der Waals surface area contributed by atoms with Crippen molar-refractivity contribution in [1.82, 2.24) is 0 Å². The SMILES string of the molecule is O=[N+]([O-])c1ccc([N+](=O)[O-])c2c1CCCC2. The van der Waals surface area contributed by atoms with E-state index in [1.54, 1.807) is 0 Å². The zero-order valence-corrected chi connectivity index (χ0v) is 8.51. The summed E-state index contributed by atoms with van der Waals surface area (Å²) in [7, 11) is 0. The van der Waals surface area contributed by atoms with E-state index in [9.17, 15) is 20.2 Å². The molecule has 0 saturated carbocycles. The van der Waals surface area contributed by atoms with E-state index in [0.29, 0.717) is 24.0 Å². The predicted molar refractivity (Wildman–Crippen MR) is 56.4 cm³/mol. The molecule has 0 atom stereocenters. The monoisotopic (exact) mass is 222 g/mol. The summed E-state index contributed by atoms with van der Waals surface area (Å²) in [6, 6.07) is 2.48. The summed E-state index contributed by atoms with van der Waals surface area (Å²) in [5.41, 5.74) is 1.12. The Morgan fingerprint density at radius 2 is 1.25 bits per heavy atom. The Morgan fingerprint density at radius 1 is 0.875 bits per heavy atom. The predicted octanol–water partition coefficient (Wildman–Crippen LogP) is 2.38. The second-order valence-electron chi connectivity index (χ2n) is 3.78. The first-order chi connectivity index (χ1) is 7.61. The van der Waals surface area contributed by atoms with Crippen molar-refractivity contribution in [2.24, 2.45) is 0 Å². The van der Waals surface area contributed by atoms with Gasteiger partial charge in [0.1, 0.15) is 0 Å². The summed E-state index contributed by atoms with van der Waals surface area (Å²) >= 11 is 0. The fourth-order valence-corrected chi connectivity index (χ4v) is 2.17. The average molecular weight is 222 g/mol. The molecule has 0 aromatic heterocycles. The molecule has 84 valence electrons. The van der Waals surface area contributed by atoms with Crippen molar-refractivity contribution in [3.8, 4) is 0 Å². The highest BCUT2D eigenvalue weighted by molar-refractivity contribution is 5.56. The Kier molecular flexibility index (Phi) is 2.55. The number of nitro groups is 2. The van der Waals surface area contributed by atoms with E-state index in [1.165, 1.54) is 12.1 Å². The summed E-state index contributed by atoms with van der Waals surface area (Å²) in [5, 5.41) is 21.6. The highest BCUT2D eigenvalue weighted by Crippen LogP contribution is 2.35. The maximum absolute atomic E-state index is 10.8. The average Bonchev–Trinajstić information content (AvgIpc) is 2.27. The van der Waals surface area contributed by atoms with Gasteiger partial charge in [-0.25, -0.2) is 0 Å². The molecule has 2 rings (SSSR count). The second kappa shape index (κ2) is 3.88. The number of hydrogen-bond donors (Lipinski definition) is 0. The van der Waals surface area contributed by atoms with E-state index in [2.05, 4.69) is 0 Å². The molecule has 0 radical (unpaired) electrons. The number of nitrogens with zero attached hydrogens (tertiary/aromatic N) is 2. The van der Waals surface area contributed by atoms with Gasteiger partial charge in [-0.05, 0) is 25.7 Å². The highest BCUT2D eigenvalue weighted by atomic mass is 16.6.